The first-order chi connectivity index (χ1) is 8.16. The standard InChI is InChI=1S/C13H23NO3/c1-10(2)9-17-13(15)14-7-11-5-3-4-6-16-12(11)8-14/h10-12H,3-9H2,1-2H3. The number of fused-ring (bicyclic) bond motifs is 1. The highest BCUT2D eigenvalue weighted by Gasteiger charge is 2.37. The van der Waals surface area contributed by atoms with Gasteiger partial charge in [0.2, 0.25) is 0 Å². The van der Waals surface area contributed by atoms with E-state index in [1.807, 2.05) is 18.7 Å². The van der Waals surface area contributed by atoms with Crippen molar-refractivity contribution in [2.24, 2.45) is 11.8 Å². The van der Waals surface area contributed by atoms with Gasteiger partial charge in [-0.3, -0.25) is 0 Å². The van der Waals surface area contributed by atoms with E-state index in [4.69, 9.17) is 9.47 Å². The summed E-state index contributed by atoms with van der Waals surface area (Å²) in [6.07, 6.45) is 3.62. The second-order valence-electron chi connectivity index (χ2n) is 5.54. The smallest absolute Gasteiger partial charge is 0.409 e. The number of carbonyl (C=O) groups excluding carboxylic acids is 1. The third kappa shape index (κ3) is 3.35. The molecule has 0 radical (unpaired) electrons. The molecular weight excluding hydrogens is 218 g/mol. The lowest BCUT2D eigenvalue weighted by Crippen LogP contribution is -2.31. The summed E-state index contributed by atoms with van der Waals surface area (Å²) in [7, 11) is 0. The Morgan fingerprint density at radius 3 is 3.00 bits per heavy atom. The molecule has 17 heavy (non-hydrogen) atoms. The van der Waals surface area contributed by atoms with E-state index in [-0.39, 0.29) is 12.2 Å². The van der Waals surface area contributed by atoms with Gasteiger partial charge in [-0.25, -0.2) is 4.79 Å². The lowest BCUT2D eigenvalue weighted by atomic mass is 10.0. The van der Waals surface area contributed by atoms with Crippen LogP contribution in [0.3, 0.4) is 0 Å². The van der Waals surface area contributed by atoms with Crippen LogP contribution in [0.2, 0.25) is 0 Å². The number of hydrogen-bond acceptors (Lipinski definition) is 3. The molecule has 2 atom stereocenters. The molecule has 0 N–H and O–H groups in total. The Bertz CT molecular complexity index is 253. The maximum Gasteiger partial charge on any atom is 0.409 e. The summed E-state index contributed by atoms with van der Waals surface area (Å²) in [6.45, 7) is 6.96. The molecule has 0 spiro atoms. The number of likely N-dealkylation sites (tertiary alicyclic amines) is 1. The molecule has 0 bridgehead atoms. The van der Waals surface area contributed by atoms with Crippen molar-refractivity contribution < 1.29 is 14.3 Å². The Morgan fingerprint density at radius 2 is 2.24 bits per heavy atom. The molecule has 4 heteroatoms. The van der Waals surface area contributed by atoms with Gasteiger partial charge in [-0.05, 0) is 18.8 Å². The van der Waals surface area contributed by atoms with Gasteiger partial charge in [-0.1, -0.05) is 20.3 Å². The molecule has 2 heterocycles. The van der Waals surface area contributed by atoms with Crippen LogP contribution >= 0.6 is 0 Å². The van der Waals surface area contributed by atoms with Crippen molar-refractivity contribution in [3.63, 3.8) is 0 Å². The van der Waals surface area contributed by atoms with Crippen molar-refractivity contribution in [1.82, 2.24) is 4.90 Å². The van der Waals surface area contributed by atoms with Gasteiger partial charge in [-0.2, -0.15) is 0 Å². The number of amides is 1. The van der Waals surface area contributed by atoms with Gasteiger partial charge in [-0.15, -0.1) is 0 Å². The minimum absolute atomic E-state index is 0.171. The zero-order valence-corrected chi connectivity index (χ0v) is 10.9. The molecule has 2 aliphatic heterocycles. The van der Waals surface area contributed by atoms with E-state index in [0.29, 0.717) is 25.0 Å². The molecule has 0 aliphatic carbocycles. The predicted octanol–water partition coefficient (Wildman–Crippen LogP) is 2.28. The van der Waals surface area contributed by atoms with E-state index in [0.717, 1.165) is 19.6 Å². The topological polar surface area (TPSA) is 38.8 Å². The van der Waals surface area contributed by atoms with Crippen molar-refractivity contribution >= 4 is 6.09 Å². The molecule has 98 valence electrons. The predicted molar refractivity (Wildman–Crippen MR) is 64.8 cm³/mol. The zero-order chi connectivity index (χ0) is 12.3. The summed E-state index contributed by atoms with van der Waals surface area (Å²) in [5.74, 6) is 0.910. The molecule has 0 aromatic carbocycles. The van der Waals surface area contributed by atoms with Gasteiger partial charge in [0.1, 0.15) is 0 Å². The molecule has 0 saturated carbocycles. The second-order valence-corrected chi connectivity index (χ2v) is 5.54. The van der Waals surface area contributed by atoms with Gasteiger partial charge in [0.25, 0.3) is 0 Å². The highest BCUT2D eigenvalue weighted by atomic mass is 16.6. The first-order valence-corrected chi connectivity index (χ1v) is 6.70. The van der Waals surface area contributed by atoms with Gasteiger partial charge < -0.3 is 14.4 Å². The maximum atomic E-state index is 11.8. The van der Waals surface area contributed by atoms with Crippen LogP contribution in [0.1, 0.15) is 33.1 Å². The third-order valence-electron chi connectivity index (χ3n) is 3.48. The monoisotopic (exact) mass is 241 g/mol. The second kappa shape index (κ2) is 5.71. The van der Waals surface area contributed by atoms with E-state index in [9.17, 15) is 4.79 Å². The van der Waals surface area contributed by atoms with Crippen LogP contribution in [0.25, 0.3) is 0 Å². The number of hydrogen-bond donors (Lipinski definition) is 0. The molecule has 2 aliphatic rings. The van der Waals surface area contributed by atoms with Crippen molar-refractivity contribution in [3.05, 3.63) is 0 Å². The zero-order valence-electron chi connectivity index (χ0n) is 10.9. The molecular formula is C13H23NO3. The van der Waals surface area contributed by atoms with Gasteiger partial charge in [0.15, 0.2) is 0 Å². The molecule has 0 aromatic heterocycles. The highest BCUT2D eigenvalue weighted by molar-refractivity contribution is 5.68. The fraction of sp³-hybridized carbons (Fsp3) is 0.923. The van der Waals surface area contributed by atoms with E-state index < -0.39 is 0 Å². The molecule has 2 fully saturated rings. The average Bonchev–Trinajstić information content (AvgIpc) is 2.58. The average molecular weight is 241 g/mol. The summed E-state index contributed by atoms with van der Waals surface area (Å²) in [5.41, 5.74) is 0. The third-order valence-corrected chi connectivity index (χ3v) is 3.48. The molecule has 1 amide bonds. The maximum absolute atomic E-state index is 11.8. The quantitative estimate of drug-likeness (QED) is 0.744. The summed E-state index contributed by atoms with van der Waals surface area (Å²) in [4.78, 5) is 13.6. The van der Waals surface area contributed by atoms with Crippen LogP contribution in [-0.4, -0.2) is 43.4 Å². The fourth-order valence-corrected chi connectivity index (χ4v) is 2.53. The van der Waals surface area contributed by atoms with Crippen LogP contribution in [0.4, 0.5) is 4.79 Å². The minimum atomic E-state index is -0.171. The van der Waals surface area contributed by atoms with Crippen molar-refractivity contribution in [2.75, 3.05) is 26.3 Å². The summed E-state index contributed by atoms with van der Waals surface area (Å²) in [6, 6.07) is 0. The van der Waals surface area contributed by atoms with E-state index in [1.54, 1.807) is 0 Å². The first kappa shape index (κ1) is 12.7. The van der Waals surface area contributed by atoms with Crippen LogP contribution in [-0.2, 0) is 9.47 Å². The molecule has 4 nitrogen and oxygen atoms in total. The minimum Gasteiger partial charge on any atom is -0.449 e. The SMILES string of the molecule is CC(C)COC(=O)N1CC2CCCCOC2C1. The lowest BCUT2D eigenvalue weighted by molar-refractivity contribution is 0.0440. The Kier molecular flexibility index (Phi) is 4.26. The Labute approximate surface area is 103 Å². The normalized spacial score (nSPS) is 29.0. The van der Waals surface area contributed by atoms with E-state index in [2.05, 4.69) is 0 Å². The summed E-state index contributed by atoms with van der Waals surface area (Å²) in [5, 5.41) is 0. The van der Waals surface area contributed by atoms with Crippen LogP contribution in [0.5, 0.6) is 0 Å². The van der Waals surface area contributed by atoms with Gasteiger partial charge >= 0.3 is 6.09 Å². The fourth-order valence-electron chi connectivity index (χ4n) is 2.53. The van der Waals surface area contributed by atoms with E-state index in [1.165, 1.54) is 12.8 Å². The number of ether oxygens (including phenoxy) is 2. The molecule has 2 unspecified atom stereocenters. The van der Waals surface area contributed by atoms with Crippen molar-refractivity contribution in [2.45, 2.75) is 39.2 Å². The Morgan fingerprint density at radius 1 is 1.41 bits per heavy atom. The largest absolute Gasteiger partial charge is 0.449 e. The Hall–Kier alpha value is -0.770. The highest BCUT2D eigenvalue weighted by Crippen LogP contribution is 2.28. The van der Waals surface area contributed by atoms with Crippen molar-refractivity contribution in [1.29, 1.82) is 0 Å². The van der Waals surface area contributed by atoms with Crippen molar-refractivity contribution in [3.8, 4) is 0 Å². The lowest BCUT2D eigenvalue weighted by Gasteiger charge is -2.17. The molecule has 0 aromatic rings. The van der Waals surface area contributed by atoms with Gasteiger partial charge in [0.05, 0.1) is 19.3 Å². The number of rotatable bonds is 2. The van der Waals surface area contributed by atoms with E-state index >= 15 is 0 Å². The number of nitrogens with zero attached hydrogens (tertiary/aromatic N) is 1. The molecule has 2 rings (SSSR count). The van der Waals surface area contributed by atoms with Crippen LogP contribution < -0.4 is 0 Å². The van der Waals surface area contributed by atoms with Crippen LogP contribution in [0, 0.1) is 11.8 Å². The van der Waals surface area contributed by atoms with Gasteiger partial charge in [0, 0.05) is 19.1 Å². The Balaban J connectivity index is 1.82. The first-order valence-electron chi connectivity index (χ1n) is 6.70. The summed E-state index contributed by atoms with van der Waals surface area (Å²) < 4.78 is 11.0. The number of carbonyl (C=O) groups is 1. The summed E-state index contributed by atoms with van der Waals surface area (Å²) >= 11 is 0. The molecule has 2 saturated heterocycles. The van der Waals surface area contributed by atoms with Crippen LogP contribution in [0.15, 0.2) is 0 Å².